The zero-order chi connectivity index (χ0) is 21.3. The summed E-state index contributed by atoms with van der Waals surface area (Å²) < 4.78 is 12.7. The lowest BCUT2D eigenvalue weighted by Gasteiger charge is -2.33. The number of carbonyl (C=O) groups excluding carboxylic acids is 1. The fourth-order valence-electron chi connectivity index (χ4n) is 3.83. The van der Waals surface area contributed by atoms with Crippen molar-refractivity contribution in [1.82, 2.24) is 14.9 Å². The number of piperidine rings is 1. The summed E-state index contributed by atoms with van der Waals surface area (Å²) in [5, 5.41) is 0. The molecule has 1 fully saturated rings. The van der Waals surface area contributed by atoms with Crippen LogP contribution in [0.3, 0.4) is 0 Å². The largest absolute Gasteiger partial charge is 0.490 e. The third kappa shape index (κ3) is 4.69. The highest BCUT2D eigenvalue weighted by atomic mass is 79.9. The molecule has 1 amide bonds. The number of carbonyl (C=O) groups is 1. The lowest BCUT2D eigenvalue weighted by molar-refractivity contribution is 0.0126. The number of fused-ring (bicyclic) bond motifs is 1. The molecule has 0 radical (unpaired) electrons. The van der Waals surface area contributed by atoms with E-state index in [0.29, 0.717) is 19.0 Å². The van der Waals surface area contributed by atoms with Crippen LogP contribution >= 0.6 is 15.9 Å². The van der Waals surface area contributed by atoms with Gasteiger partial charge in [-0.05, 0) is 55.3 Å². The third-order valence-electron chi connectivity index (χ3n) is 5.22. The van der Waals surface area contributed by atoms with Gasteiger partial charge in [0.1, 0.15) is 17.5 Å². The van der Waals surface area contributed by atoms with Crippen molar-refractivity contribution in [3.63, 3.8) is 0 Å². The van der Waals surface area contributed by atoms with E-state index in [1.807, 2.05) is 32.9 Å². The maximum Gasteiger partial charge on any atom is 0.410 e. The van der Waals surface area contributed by atoms with E-state index in [4.69, 9.17) is 9.47 Å². The highest BCUT2D eigenvalue weighted by molar-refractivity contribution is 9.10. The second kappa shape index (κ2) is 8.41. The number of aromatic nitrogens is 2. The third-order valence-corrected chi connectivity index (χ3v) is 5.63. The molecule has 2 aromatic rings. The summed E-state index contributed by atoms with van der Waals surface area (Å²) in [6.07, 6.45) is 5.85. The first-order valence-electron chi connectivity index (χ1n) is 10.3. The number of likely N-dealkylation sites (tertiary alicyclic amines) is 1. The number of hydrogen-bond donors (Lipinski definition) is 0. The van der Waals surface area contributed by atoms with Crippen molar-refractivity contribution in [1.29, 1.82) is 0 Å². The van der Waals surface area contributed by atoms with E-state index in [-0.39, 0.29) is 12.2 Å². The molecule has 0 aliphatic carbocycles. The predicted molar refractivity (Wildman–Crippen MR) is 118 cm³/mol. The van der Waals surface area contributed by atoms with Gasteiger partial charge in [0.2, 0.25) is 5.95 Å². The topological polar surface area (TPSA) is 67.8 Å². The van der Waals surface area contributed by atoms with E-state index in [9.17, 15) is 4.79 Å². The molecule has 2 aliphatic rings. The average molecular weight is 475 g/mol. The second-order valence-electron chi connectivity index (χ2n) is 8.64. The summed E-state index contributed by atoms with van der Waals surface area (Å²) in [5.41, 5.74) is 1.82. The number of rotatable bonds is 3. The van der Waals surface area contributed by atoms with Crippen LogP contribution in [0, 0.1) is 0 Å². The van der Waals surface area contributed by atoms with E-state index in [2.05, 4.69) is 36.9 Å². The van der Waals surface area contributed by atoms with Gasteiger partial charge in [-0.3, -0.25) is 0 Å². The van der Waals surface area contributed by atoms with Gasteiger partial charge in [0, 0.05) is 50.4 Å². The van der Waals surface area contributed by atoms with Crippen LogP contribution in [0.2, 0.25) is 0 Å². The maximum absolute atomic E-state index is 12.3. The summed E-state index contributed by atoms with van der Waals surface area (Å²) in [6, 6.07) is 6.14. The lowest BCUT2D eigenvalue weighted by atomic mass is 10.1. The summed E-state index contributed by atoms with van der Waals surface area (Å²) in [5.74, 6) is 1.61. The second-order valence-corrected chi connectivity index (χ2v) is 9.56. The number of hydrogen-bond acceptors (Lipinski definition) is 6. The molecular weight excluding hydrogens is 448 g/mol. The lowest BCUT2D eigenvalue weighted by Crippen LogP contribution is -2.44. The Morgan fingerprint density at radius 1 is 1.13 bits per heavy atom. The maximum atomic E-state index is 12.3. The number of halogens is 1. The van der Waals surface area contributed by atoms with Crippen LogP contribution in [0.25, 0.3) is 0 Å². The highest BCUT2D eigenvalue weighted by Gasteiger charge is 2.30. The molecule has 2 aliphatic heterocycles. The molecule has 4 rings (SSSR count). The highest BCUT2D eigenvalue weighted by Crippen LogP contribution is 2.39. The van der Waals surface area contributed by atoms with Gasteiger partial charge in [0.15, 0.2) is 0 Å². The van der Waals surface area contributed by atoms with Gasteiger partial charge in [-0.1, -0.05) is 6.07 Å². The first kappa shape index (κ1) is 20.9. The Morgan fingerprint density at radius 2 is 1.83 bits per heavy atom. The molecule has 0 saturated carbocycles. The Kier molecular flexibility index (Phi) is 5.86. The van der Waals surface area contributed by atoms with Crippen molar-refractivity contribution in [2.75, 3.05) is 24.5 Å². The van der Waals surface area contributed by atoms with Gasteiger partial charge >= 0.3 is 6.09 Å². The van der Waals surface area contributed by atoms with Gasteiger partial charge < -0.3 is 19.3 Å². The van der Waals surface area contributed by atoms with E-state index in [0.717, 1.165) is 41.7 Å². The van der Waals surface area contributed by atoms with Crippen molar-refractivity contribution in [2.24, 2.45) is 0 Å². The van der Waals surface area contributed by atoms with Crippen molar-refractivity contribution in [3.05, 3.63) is 40.6 Å². The van der Waals surface area contributed by atoms with Crippen molar-refractivity contribution < 1.29 is 14.3 Å². The summed E-state index contributed by atoms with van der Waals surface area (Å²) in [4.78, 5) is 25.0. The number of nitrogens with zero attached hydrogens (tertiary/aromatic N) is 4. The number of benzene rings is 1. The summed E-state index contributed by atoms with van der Waals surface area (Å²) in [7, 11) is 0. The predicted octanol–water partition coefficient (Wildman–Crippen LogP) is 4.71. The normalized spacial score (nSPS) is 17.1. The molecule has 1 saturated heterocycles. The van der Waals surface area contributed by atoms with Gasteiger partial charge in [0.05, 0.1) is 10.2 Å². The van der Waals surface area contributed by atoms with E-state index in [1.165, 1.54) is 5.56 Å². The van der Waals surface area contributed by atoms with E-state index >= 15 is 0 Å². The summed E-state index contributed by atoms with van der Waals surface area (Å²) >= 11 is 3.38. The zero-order valence-electron chi connectivity index (χ0n) is 17.6. The fourth-order valence-corrected chi connectivity index (χ4v) is 4.03. The Balaban J connectivity index is 1.40. The molecule has 30 heavy (non-hydrogen) atoms. The Hall–Kier alpha value is -2.35. The molecule has 0 N–H and O–H groups in total. The molecule has 160 valence electrons. The number of ether oxygens (including phenoxy) is 2. The minimum Gasteiger partial charge on any atom is -0.490 e. The van der Waals surface area contributed by atoms with Crippen LogP contribution in [0.1, 0.15) is 39.2 Å². The molecule has 0 unspecified atom stereocenters. The Morgan fingerprint density at radius 3 is 2.50 bits per heavy atom. The Bertz CT molecular complexity index is 906. The average Bonchev–Trinajstić information content (AvgIpc) is 3.13. The van der Waals surface area contributed by atoms with Crippen molar-refractivity contribution >= 4 is 33.7 Å². The van der Waals surface area contributed by atoms with Gasteiger partial charge in [-0.2, -0.15) is 0 Å². The van der Waals surface area contributed by atoms with Crippen molar-refractivity contribution in [3.8, 4) is 5.75 Å². The SMILES string of the molecule is CC(C)(C)OC(=O)N1CCC(Oc2cccc3c2CCN3c2ncc(Br)cn2)CC1. The molecule has 7 nitrogen and oxygen atoms in total. The van der Waals surface area contributed by atoms with Crippen LogP contribution in [0.4, 0.5) is 16.4 Å². The molecule has 1 aromatic carbocycles. The van der Waals surface area contributed by atoms with E-state index in [1.54, 1.807) is 17.3 Å². The van der Waals surface area contributed by atoms with Gasteiger partial charge in [0.25, 0.3) is 0 Å². The van der Waals surface area contributed by atoms with Crippen LogP contribution in [0.5, 0.6) is 5.75 Å². The summed E-state index contributed by atoms with van der Waals surface area (Å²) in [6.45, 7) is 7.79. The van der Waals surface area contributed by atoms with Gasteiger partial charge in [-0.15, -0.1) is 0 Å². The monoisotopic (exact) mass is 474 g/mol. The molecule has 1 aromatic heterocycles. The van der Waals surface area contributed by atoms with Crippen molar-refractivity contribution in [2.45, 2.75) is 51.7 Å². The first-order chi connectivity index (χ1) is 14.3. The fraction of sp³-hybridized carbons (Fsp3) is 0.500. The quantitative estimate of drug-likeness (QED) is 0.641. The molecule has 0 spiro atoms. The Labute approximate surface area is 185 Å². The molecule has 0 atom stereocenters. The molecule has 8 heteroatoms. The van der Waals surface area contributed by atoms with Crippen LogP contribution in [-0.2, 0) is 11.2 Å². The minimum absolute atomic E-state index is 0.0909. The van der Waals surface area contributed by atoms with Gasteiger partial charge in [-0.25, -0.2) is 14.8 Å². The zero-order valence-corrected chi connectivity index (χ0v) is 19.2. The standard InChI is InChI=1S/C22H27BrN4O3/c1-22(2,3)30-21(28)26-10-7-16(8-11-26)29-19-6-4-5-18-17(19)9-12-27(18)20-24-13-15(23)14-25-20/h4-6,13-14,16H,7-12H2,1-3H3. The van der Waals surface area contributed by atoms with Crippen LogP contribution in [-0.4, -0.2) is 52.3 Å². The number of amides is 1. The molecule has 0 bridgehead atoms. The molecular formula is C22H27BrN4O3. The first-order valence-corrected chi connectivity index (χ1v) is 11.1. The number of anilines is 2. The minimum atomic E-state index is -0.473. The van der Waals surface area contributed by atoms with E-state index < -0.39 is 5.60 Å². The van der Waals surface area contributed by atoms with Crippen LogP contribution in [0.15, 0.2) is 35.1 Å². The smallest absolute Gasteiger partial charge is 0.410 e. The molecule has 3 heterocycles. The van der Waals surface area contributed by atoms with Crippen LogP contribution < -0.4 is 9.64 Å².